The van der Waals surface area contributed by atoms with Gasteiger partial charge in [-0.25, -0.2) is 4.98 Å². The number of anilines is 1. The second-order valence-electron chi connectivity index (χ2n) is 6.88. The van der Waals surface area contributed by atoms with Gasteiger partial charge < -0.3 is 14.6 Å². The number of carbonyl (C=O) groups is 1. The Kier molecular flexibility index (Phi) is 6.89. The monoisotopic (exact) mass is 519 g/mol. The van der Waals surface area contributed by atoms with E-state index in [-0.39, 0.29) is 12.0 Å². The zero-order chi connectivity index (χ0) is 20.1. The molecular formula is C22H22IN3O2S. The Bertz CT molecular complexity index is 971. The van der Waals surface area contributed by atoms with E-state index in [2.05, 4.69) is 49.6 Å². The topological polar surface area (TPSA) is 56.2 Å². The number of rotatable bonds is 7. The first-order chi connectivity index (χ1) is 14.2. The van der Waals surface area contributed by atoms with Gasteiger partial charge in [-0.15, -0.1) is 0 Å². The zero-order valence-electron chi connectivity index (χ0n) is 15.9. The molecule has 1 unspecified atom stereocenters. The highest BCUT2D eigenvalue weighted by Gasteiger charge is 2.21. The Balaban J connectivity index is 1.48. The van der Waals surface area contributed by atoms with Crippen LogP contribution in [0.1, 0.15) is 12.8 Å². The smallest absolute Gasteiger partial charge is 0.234 e. The largest absolute Gasteiger partial charge is 0.376 e. The van der Waals surface area contributed by atoms with Crippen LogP contribution in [0.5, 0.6) is 0 Å². The second kappa shape index (κ2) is 9.77. The van der Waals surface area contributed by atoms with Crippen molar-refractivity contribution in [2.45, 2.75) is 30.6 Å². The molecule has 7 heteroatoms. The number of aromatic nitrogens is 2. The first kappa shape index (κ1) is 20.4. The third-order valence-corrected chi connectivity index (χ3v) is 6.40. The van der Waals surface area contributed by atoms with Crippen molar-refractivity contribution < 1.29 is 9.53 Å². The lowest BCUT2D eigenvalue weighted by molar-refractivity contribution is -0.113. The van der Waals surface area contributed by atoms with Crippen LogP contribution in [0.25, 0.3) is 11.3 Å². The molecule has 2 heterocycles. The lowest BCUT2D eigenvalue weighted by Gasteiger charge is -2.16. The van der Waals surface area contributed by atoms with Crippen LogP contribution >= 0.6 is 34.4 Å². The third-order valence-electron chi connectivity index (χ3n) is 4.74. The lowest BCUT2D eigenvalue weighted by Crippen LogP contribution is -2.18. The Morgan fingerprint density at radius 2 is 2.10 bits per heavy atom. The predicted octanol–water partition coefficient (Wildman–Crippen LogP) is 5.06. The fourth-order valence-electron chi connectivity index (χ4n) is 3.38. The van der Waals surface area contributed by atoms with E-state index in [1.165, 1.54) is 11.8 Å². The first-order valence-electron chi connectivity index (χ1n) is 9.60. The normalized spacial score (nSPS) is 16.1. The minimum absolute atomic E-state index is 0.0371. The van der Waals surface area contributed by atoms with Crippen molar-refractivity contribution >= 4 is 45.9 Å². The highest BCUT2D eigenvalue weighted by molar-refractivity contribution is 14.1. The highest BCUT2D eigenvalue weighted by Crippen LogP contribution is 2.28. The highest BCUT2D eigenvalue weighted by atomic mass is 127. The molecule has 3 aromatic rings. The summed E-state index contributed by atoms with van der Waals surface area (Å²) >= 11 is 3.70. The summed E-state index contributed by atoms with van der Waals surface area (Å²) in [6.07, 6.45) is 4.25. The van der Waals surface area contributed by atoms with E-state index >= 15 is 0 Å². The Labute approximate surface area is 188 Å². The minimum Gasteiger partial charge on any atom is -0.376 e. The molecule has 4 rings (SSSR count). The van der Waals surface area contributed by atoms with E-state index in [9.17, 15) is 4.79 Å². The van der Waals surface area contributed by atoms with Crippen molar-refractivity contribution in [3.8, 4) is 11.3 Å². The number of thioether (sulfide) groups is 1. The summed E-state index contributed by atoms with van der Waals surface area (Å²) in [5.74, 6) is 0.271. The van der Waals surface area contributed by atoms with Crippen LogP contribution in [0, 0.1) is 3.57 Å². The number of hydrogen-bond donors (Lipinski definition) is 1. The molecule has 0 saturated carbocycles. The molecular weight excluding hydrogens is 497 g/mol. The number of amides is 1. The SMILES string of the molecule is O=C(CSc1ncc(-c2ccccc2)n1CC1CCCO1)Nc1cccc(I)c1. The Morgan fingerprint density at radius 3 is 2.86 bits per heavy atom. The van der Waals surface area contributed by atoms with E-state index in [1.807, 2.05) is 48.7 Å². The molecule has 0 spiro atoms. The van der Waals surface area contributed by atoms with Gasteiger partial charge >= 0.3 is 0 Å². The molecule has 0 aliphatic carbocycles. The molecule has 1 fully saturated rings. The van der Waals surface area contributed by atoms with Crippen molar-refractivity contribution in [3.05, 3.63) is 64.4 Å². The van der Waals surface area contributed by atoms with Crippen molar-refractivity contribution in [1.29, 1.82) is 0 Å². The summed E-state index contributed by atoms with van der Waals surface area (Å²) in [7, 11) is 0. The molecule has 1 atom stereocenters. The number of nitrogens with one attached hydrogen (secondary N) is 1. The van der Waals surface area contributed by atoms with Crippen LogP contribution in [0.2, 0.25) is 0 Å². The molecule has 5 nitrogen and oxygen atoms in total. The van der Waals surface area contributed by atoms with Crippen LogP contribution in [-0.2, 0) is 16.1 Å². The maximum atomic E-state index is 12.4. The van der Waals surface area contributed by atoms with E-state index in [0.717, 1.165) is 51.7 Å². The summed E-state index contributed by atoms with van der Waals surface area (Å²) in [4.78, 5) is 17.1. The van der Waals surface area contributed by atoms with Crippen LogP contribution in [0.4, 0.5) is 5.69 Å². The van der Waals surface area contributed by atoms with Gasteiger partial charge in [0.25, 0.3) is 0 Å². The molecule has 1 aliphatic heterocycles. The Hall–Kier alpha value is -1.84. The number of nitrogens with zero attached hydrogens (tertiary/aromatic N) is 2. The fourth-order valence-corrected chi connectivity index (χ4v) is 4.71. The van der Waals surface area contributed by atoms with E-state index in [4.69, 9.17) is 4.74 Å². The Morgan fingerprint density at radius 1 is 1.24 bits per heavy atom. The molecule has 2 aromatic carbocycles. The number of imidazole rings is 1. The molecule has 1 amide bonds. The van der Waals surface area contributed by atoms with Crippen molar-refractivity contribution in [3.63, 3.8) is 0 Å². The van der Waals surface area contributed by atoms with E-state index in [0.29, 0.717) is 5.75 Å². The standard InChI is InChI=1S/C22H22IN3O2S/c23-17-8-4-9-18(12-17)25-21(27)15-29-22-24-13-20(16-6-2-1-3-7-16)26(22)14-19-10-5-11-28-19/h1-4,6-9,12-13,19H,5,10-11,14-15H2,(H,25,27). The predicted molar refractivity (Wildman–Crippen MR) is 125 cm³/mol. The van der Waals surface area contributed by atoms with Crippen LogP contribution in [0.15, 0.2) is 66.0 Å². The summed E-state index contributed by atoms with van der Waals surface area (Å²) in [5, 5.41) is 3.80. The summed E-state index contributed by atoms with van der Waals surface area (Å²) in [5.41, 5.74) is 2.99. The van der Waals surface area contributed by atoms with Gasteiger partial charge in [-0.3, -0.25) is 4.79 Å². The minimum atomic E-state index is -0.0371. The van der Waals surface area contributed by atoms with Gasteiger partial charge in [-0.05, 0) is 59.2 Å². The molecule has 0 bridgehead atoms. The van der Waals surface area contributed by atoms with Crippen LogP contribution < -0.4 is 5.32 Å². The molecule has 0 radical (unpaired) electrons. The average molecular weight is 519 g/mol. The van der Waals surface area contributed by atoms with Crippen molar-refractivity contribution in [2.24, 2.45) is 0 Å². The average Bonchev–Trinajstić information content (AvgIpc) is 3.38. The summed E-state index contributed by atoms with van der Waals surface area (Å²) in [6.45, 7) is 1.58. The molecule has 150 valence electrons. The van der Waals surface area contributed by atoms with Gasteiger partial charge in [-0.2, -0.15) is 0 Å². The van der Waals surface area contributed by atoms with Crippen LogP contribution in [0.3, 0.4) is 0 Å². The van der Waals surface area contributed by atoms with Gasteiger partial charge in [-0.1, -0.05) is 48.2 Å². The summed E-state index contributed by atoms with van der Waals surface area (Å²) < 4.78 is 9.13. The number of carbonyl (C=O) groups excluding carboxylic acids is 1. The number of ether oxygens (including phenoxy) is 1. The zero-order valence-corrected chi connectivity index (χ0v) is 18.9. The van der Waals surface area contributed by atoms with Gasteiger partial charge in [0, 0.05) is 15.9 Å². The lowest BCUT2D eigenvalue weighted by atomic mass is 10.1. The van der Waals surface area contributed by atoms with Gasteiger partial charge in [0.2, 0.25) is 5.91 Å². The molecule has 29 heavy (non-hydrogen) atoms. The van der Waals surface area contributed by atoms with Gasteiger partial charge in [0.05, 0.1) is 30.3 Å². The van der Waals surface area contributed by atoms with Crippen molar-refractivity contribution in [1.82, 2.24) is 9.55 Å². The van der Waals surface area contributed by atoms with E-state index < -0.39 is 0 Å². The molecule has 1 aliphatic rings. The quantitative estimate of drug-likeness (QED) is 0.350. The maximum Gasteiger partial charge on any atom is 0.234 e. The summed E-state index contributed by atoms with van der Waals surface area (Å²) in [6, 6.07) is 18.0. The van der Waals surface area contributed by atoms with E-state index in [1.54, 1.807) is 0 Å². The number of halogens is 1. The number of benzene rings is 2. The first-order valence-corrected chi connectivity index (χ1v) is 11.7. The van der Waals surface area contributed by atoms with Crippen molar-refractivity contribution in [2.75, 3.05) is 17.7 Å². The second-order valence-corrected chi connectivity index (χ2v) is 9.07. The van der Waals surface area contributed by atoms with Gasteiger partial charge in [0.1, 0.15) is 0 Å². The maximum absolute atomic E-state index is 12.4. The van der Waals surface area contributed by atoms with Gasteiger partial charge in [0.15, 0.2) is 5.16 Å². The molecule has 1 saturated heterocycles. The number of hydrogen-bond acceptors (Lipinski definition) is 4. The molecule has 1 N–H and O–H groups in total. The third kappa shape index (κ3) is 5.40. The molecule has 1 aromatic heterocycles. The van der Waals surface area contributed by atoms with Crippen LogP contribution in [-0.4, -0.2) is 33.9 Å². The fraction of sp³-hybridized carbons (Fsp3) is 0.273.